The van der Waals surface area contributed by atoms with Crippen molar-refractivity contribution in [1.82, 2.24) is 4.98 Å². The van der Waals surface area contributed by atoms with Crippen molar-refractivity contribution >= 4 is 5.97 Å². The van der Waals surface area contributed by atoms with Gasteiger partial charge in [0.05, 0.1) is 26.4 Å². The van der Waals surface area contributed by atoms with E-state index in [2.05, 4.69) is 32.9 Å². The lowest BCUT2D eigenvalue weighted by atomic mass is 10.1. The molecule has 6 nitrogen and oxygen atoms in total. The number of nitrogens with zero attached hydrogens (tertiary/aromatic N) is 2. The average molecular weight is 478 g/mol. The summed E-state index contributed by atoms with van der Waals surface area (Å²) in [6.45, 7) is 8.92. The summed E-state index contributed by atoms with van der Waals surface area (Å²) in [6.07, 6.45) is 15.5. The number of likely N-dealkylation sites (N-methyl/N-ethyl adjacent to an activating group) is 1. The minimum absolute atomic E-state index is 0.0684. The lowest BCUT2D eigenvalue weighted by Gasteiger charge is -2.33. The molecular formula is C28H49N2O4+. The monoisotopic (exact) mass is 477 g/mol. The number of rotatable bonds is 17. The molecule has 1 aromatic rings. The van der Waals surface area contributed by atoms with Gasteiger partial charge in [-0.15, -0.1) is 0 Å². The SMILES string of the molecule is CCCCCCCCCCCC(=O)OCC[N+](C)(C)Cc1cnc(C)c2c1COC(CCC)O2. The zero-order valence-electron chi connectivity index (χ0n) is 22.5. The van der Waals surface area contributed by atoms with Crippen LogP contribution in [0, 0.1) is 6.92 Å². The number of carbonyl (C=O) groups excluding carboxylic acids is 1. The summed E-state index contributed by atoms with van der Waals surface area (Å²) in [7, 11) is 4.32. The number of ether oxygens (including phenoxy) is 3. The van der Waals surface area contributed by atoms with Gasteiger partial charge in [0.2, 0.25) is 0 Å². The second-order valence-corrected chi connectivity index (χ2v) is 10.4. The lowest BCUT2D eigenvalue weighted by Crippen LogP contribution is -2.42. The van der Waals surface area contributed by atoms with Crippen LogP contribution in [0.5, 0.6) is 5.75 Å². The smallest absolute Gasteiger partial charge is 0.305 e. The fraction of sp³-hybridized carbons (Fsp3) is 0.786. The van der Waals surface area contributed by atoms with Crippen LogP contribution in [0.15, 0.2) is 6.20 Å². The number of hydrogen-bond donors (Lipinski definition) is 0. The molecule has 6 heteroatoms. The molecule has 34 heavy (non-hydrogen) atoms. The van der Waals surface area contributed by atoms with Gasteiger partial charge >= 0.3 is 5.97 Å². The normalized spacial score (nSPS) is 15.6. The number of carbonyl (C=O) groups is 1. The van der Waals surface area contributed by atoms with Crippen LogP contribution in [-0.2, 0) is 27.4 Å². The summed E-state index contributed by atoms with van der Waals surface area (Å²) < 4.78 is 18.3. The van der Waals surface area contributed by atoms with E-state index in [4.69, 9.17) is 14.2 Å². The van der Waals surface area contributed by atoms with Crippen LogP contribution in [0.25, 0.3) is 0 Å². The molecule has 1 atom stereocenters. The van der Waals surface area contributed by atoms with Crippen LogP contribution in [-0.4, -0.2) is 49.0 Å². The van der Waals surface area contributed by atoms with Gasteiger partial charge in [-0.05, 0) is 13.3 Å². The number of quaternary nitrogens is 1. The maximum Gasteiger partial charge on any atom is 0.305 e. The third-order valence-corrected chi connectivity index (χ3v) is 6.63. The molecule has 1 unspecified atom stereocenters. The van der Waals surface area contributed by atoms with E-state index < -0.39 is 0 Å². The number of aryl methyl sites for hydroxylation is 1. The molecule has 0 spiro atoms. The Kier molecular flexibility index (Phi) is 12.9. The summed E-state index contributed by atoms with van der Waals surface area (Å²) >= 11 is 0. The predicted octanol–water partition coefficient (Wildman–Crippen LogP) is 6.47. The maximum atomic E-state index is 12.1. The van der Waals surface area contributed by atoms with Crippen molar-refractivity contribution in [2.24, 2.45) is 0 Å². The summed E-state index contributed by atoms with van der Waals surface area (Å²) in [6, 6.07) is 0. The fourth-order valence-corrected chi connectivity index (χ4v) is 4.45. The summed E-state index contributed by atoms with van der Waals surface area (Å²) in [5.74, 6) is 0.815. The Bertz CT molecular complexity index is 735. The van der Waals surface area contributed by atoms with Crippen molar-refractivity contribution in [2.45, 2.75) is 117 Å². The first-order chi connectivity index (χ1) is 16.4. The highest BCUT2D eigenvalue weighted by Crippen LogP contribution is 2.33. The van der Waals surface area contributed by atoms with Crippen LogP contribution in [0.3, 0.4) is 0 Å². The molecule has 1 aromatic heterocycles. The third-order valence-electron chi connectivity index (χ3n) is 6.63. The van der Waals surface area contributed by atoms with Gasteiger partial charge in [-0.3, -0.25) is 9.78 Å². The third kappa shape index (κ3) is 10.3. The van der Waals surface area contributed by atoms with Gasteiger partial charge < -0.3 is 18.7 Å². The Morgan fingerprint density at radius 2 is 1.74 bits per heavy atom. The fourth-order valence-electron chi connectivity index (χ4n) is 4.45. The molecule has 1 aliphatic rings. The molecule has 0 aliphatic carbocycles. The molecule has 0 amide bonds. The van der Waals surface area contributed by atoms with Gasteiger partial charge in [-0.2, -0.15) is 0 Å². The molecule has 0 N–H and O–H groups in total. The van der Waals surface area contributed by atoms with Crippen molar-refractivity contribution in [3.63, 3.8) is 0 Å². The summed E-state index contributed by atoms with van der Waals surface area (Å²) in [5.41, 5.74) is 3.16. The van der Waals surface area contributed by atoms with E-state index >= 15 is 0 Å². The molecule has 0 radical (unpaired) electrons. The minimum atomic E-state index is -0.180. The number of pyridine rings is 1. The van der Waals surface area contributed by atoms with Crippen molar-refractivity contribution < 1.29 is 23.5 Å². The Hall–Kier alpha value is -1.66. The van der Waals surface area contributed by atoms with Crippen molar-refractivity contribution in [1.29, 1.82) is 0 Å². The number of hydrogen-bond acceptors (Lipinski definition) is 5. The van der Waals surface area contributed by atoms with E-state index in [1.165, 1.54) is 44.9 Å². The Morgan fingerprint density at radius 1 is 1.06 bits per heavy atom. The number of aromatic nitrogens is 1. The van der Waals surface area contributed by atoms with Crippen molar-refractivity contribution in [2.75, 3.05) is 27.2 Å². The molecule has 0 saturated carbocycles. The highest BCUT2D eigenvalue weighted by Gasteiger charge is 2.27. The minimum Gasteiger partial charge on any atom is -0.463 e. The quantitative estimate of drug-likeness (QED) is 0.146. The maximum absolute atomic E-state index is 12.1. The van der Waals surface area contributed by atoms with Gasteiger partial charge in [-0.25, -0.2) is 0 Å². The number of unbranched alkanes of at least 4 members (excludes halogenated alkanes) is 8. The van der Waals surface area contributed by atoms with Gasteiger partial charge in [0, 0.05) is 30.2 Å². The topological polar surface area (TPSA) is 57.7 Å². The molecule has 0 bridgehead atoms. The highest BCUT2D eigenvalue weighted by atomic mass is 16.7. The average Bonchev–Trinajstić information content (AvgIpc) is 2.80. The van der Waals surface area contributed by atoms with Gasteiger partial charge in [0.15, 0.2) is 6.29 Å². The first kappa shape index (κ1) is 28.6. The Balaban J connectivity index is 1.68. The molecule has 0 aromatic carbocycles. The van der Waals surface area contributed by atoms with E-state index in [0.717, 1.165) is 61.3 Å². The molecule has 194 valence electrons. The van der Waals surface area contributed by atoms with E-state index in [1.54, 1.807) is 0 Å². The van der Waals surface area contributed by atoms with E-state index in [9.17, 15) is 4.79 Å². The zero-order chi connectivity index (χ0) is 24.8. The Morgan fingerprint density at radius 3 is 2.41 bits per heavy atom. The first-order valence-corrected chi connectivity index (χ1v) is 13.6. The molecule has 2 heterocycles. The largest absolute Gasteiger partial charge is 0.463 e. The van der Waals surface area contributed by atoms with Crippen LogP contribution in [0.2, 0.25) is 0 Å². The van der Waals surface area contributed by atoms with E-state index in [1.807, 2.05) is 13.1 Å². The molecule has 2 rings (SSSR count). The summed E-state index contributed by atoms with van der Waals surface area (Å²) in [4.78, 5) is 16.7. The zero-order valence-corrected chi connectivity index (χ0v) is 22.5. The molecule has 0 fully saturated rings. The molecular weight excluding hydrogens is 428 g/mol. The van der Waals surface area contributed by atoms with Crippen molar-refractivity contribution in [3.05, 3.63) is 23.0 Å². The number of fused-ring (bicyclic) bond motifs is 1. The second-order valence-electron chi connectivity index (χ2n) is 10.4. The number of esters is 1. The highest BCUT2D eigenvalue weighted by molar-refractivity contribution is 5.69. The Labute approximate surface area is 208 Å². The van der Waals surface area contributed by atoms with Crippen molar-refractivity contribution in [3.8, 4) is 5.75 Å². The summed E-state index contributed by atoms with van der Waals surface area (Å²) in [5, 5.41) is 0. The van der Waals surface area contributed by atoms with Gasteiger partial charge in [-0.1, -0.05) is 71.6 Å². The van der Waals surface area contributed by atoms with Crippen LogP contribution < -0.4 is 4.74 Å². The molecule has 0 saturated heterocycles. The van der Waals surface area contributed by atoms with Crippen LogP contribution in [0.1, 0.15) is 108 Å². The standard InChI is InChI=1S/C28H49N2O4/c1-6-8-9-10-11-12-13-14-15-17-26(31)32-19-18-30(4,5)21-24-20-29-23(3)28-25(24)22-33-27(34-28)16-7-2/h20,27H,6-19,21-22H2,1-5H3/q+1. The predicted molar refractivity (Wildman–Crippen MR) is 137 cm³/mol. The van der Waals surface area contributed by atoms with Crippen LogP contribution >= 0.6 is 0 Å². The van der Waals surface area contributed by atoms with Gasteiger partial charge in [0.25, 0.3) is 0 Å². The van der Waals surface area contributed by atoms with Crippen LogP contribution in [0.4, 0.5) is 0 Å². The second kappa shape index (κ2) is 15.4. The lowest BCUT2D eigenvalue weighted by molar-refractivity contribution is -0.903. The van der Waals surface area contributed by atoms with E-state index in [-0.39, 0.29) is 12.3 Å². The molecule has 1 aliphatic heterocycles. The van der Waals surface area contributed by atoms with E-state index in [0.29, 0.717) is 24.1 Å². The first-order valence-electron chi connectivity index (χ1n) is 13.6. The van der Waals surface area contributed by atoms with Gasteiger partial charge in [0.1, 0.15) is 25.4 Å².